The van der Waals surface area contributed by atoms with Crippen LogP contribution < -0.4 is 10.1 Å². The monoisotopic (exact) mass is 313 g/mol. The fourth-order valence-corrected chi connectivity index (χ4v) is 2.39. The molecule has 0 saturated carbocycles. The highest BCUT2D eigenvalue weighted by molar-refractivity contribution is 5.93. The zero-order valence-electron chi connectivity index (χ0n) is 14.1. The van der Waals surface area contributed by atoms with Crippen LogP contribution in [0.1, 0.15) is 38.1 Å². The van der Waals surface area contributed by atoms with Gasteiger partial charge in [0, 0.05) is 5.92 Å². The van der Waals surface area contributed by atoms with Crippen LogP contribution in [0, 0.1) is 19.8 Å². The summed E-state index contributed by atoms with van der Waals surface area (Å²) in [7, 11) is 0. The van der Waals surface area contributed by atoms with Crippen LogP contribution >= 0.6 is 0 Å². The van der Waals surface area contributed by atoms with E-state index in [2.05, 4.69) is 15.3 Å². The number of ether oxygens (including phenoxy) is 1. The van der Waals surface area contributed by atoms with Gasteiger partial charge in [-0.2, -0.15) is 9.97 Å². The molecule has 0 fully saturated rings. The van der Waals surface area contributed by atoms with Gasteiger partial charge in [-0.25, -0.2) is 0 Å². The zero-order valence-corrected chi connectivity index (χ0v) is 14.1. The molecule has 0 unspecified atom stereocenters. The van der Waals surface area contributed by atoms with Crippen molar-refractivity contribution in [1.82, 2.24) is 9.97 Å². The molecule has 1 aromatic heterocycles. The lowest BCUT2D eigenvalue weighted by Gasteiger charge is -2.16. The predicted molar refractivity (Wildman–Crippen MR) is 90.7 cm³/mol. The number of amides is 1. The molecule has 23 heavy (non-hydrogen) atoms. The number of aromatic nitrogens is 2. The first-order valence-electron chi connectivity index (χ1n) is 7.94. The second-order valence-electron chi connectivity index (χ2n) is 5.47. The number of hydrogen-bond donors (Lipinski definition) is 1. The van der Waals surface area contributed by atoms with Crippen molar-refractivity contribution >= 4 is 11.6 Å². The third-order valence-corrected chi connectivity index (χ3v) is 3.81. The normalized spacial score (nSPS) is 10.7. The molecule has 122 valence electrons. The maximum atomic E-state index is 12.3. The Labute approximate surface area is 137 Å². The largest absolute Gasteiger partial charge is 0.424 e. The van der Waals surface area contributed by atoms with Gasteiger partial charge in [0.05, 0.1) is 17.1 Å². The number of hydrogen-bond acceptors (Lipinski definition) is 4. The summed E-state index contributed by atoms with van der Waals surface area (Å²) < 4.78 is 5.65. The summed E-state index contributed by atoms with van der Waals surface area (Å²) in [4.78, 5) is 20.9. The first-order chi connectivity index (χ1) is 11.0. The minimum atomic E-state index is 0.00838. The van der Waals surface area contributed by atoms with E-state index >= 15 is 0 Å². The van der Waals surface area contributed by atoms with Crippen molar-refractivity contribution < 1.29 is 9.53 Å². The number of benzene rings is 1. The molecule has 0 aliphatic heterocycles. The van der Waals surface area contributed by atoms with Crippen LogP contribution in [0.25, 0.3) is 0 Å². The van der Waals surface area contributed by atoms with E-state index in [9.17, 15) is 4.79 Å². The molecule has 2 aromatic rings. The van der Waals surface area contributed by atoms with Gasteiger partial charge in [-0.05, 0) is 38.8 Å². The Morgan fingerprint density at radius 2 is 1.65 bits per heavy atom. The average Bonchev–Trinajstić information content (AvgIpc) is 2.53. The Hall–Kier alpha value is -2.43. The summed E-state index contributed by atoms with van der Waals surface area (Å²) in [6.45, 7) is 7.71. The molecule has 1 aromatic carbocycles. The highest BCUT2D eigenvalue weighted by atomic mass is 16.5. The lowest BCUT2D eigenvalue weighted by Crippen LogP contribution is -2.23. The van der Waals surface area contributed by atoms with Crippen molar-refractivity contribution in [2.75, 3.05) is 5.32 Å². The van der Waals surface area contributed by atoms with E-state index in [0.29, 0.717) is 22.8 Å². The topological polar surface area (TPSA) is 64.1 Å². The highest BCUT2D eigenvalue weighted by Crippen LogP contribution is 2.24. The summed E-state index contributed by atoms with van der Waals surface area (Å²) in [6.07, 6.45) is 1.63. The van der Waals surface area contributed by atoms with Crippen LogP contribution in [0.15, 0.2) is 30.3 Å². The van der Waals surface area contributed by atoms with Crippen molar-refractivity contribution in [3.63, 3.8) is 0 Å². The Morgan fingerprint density at radius 1 is 1.09 bits per heavy atom. The van der Waals surface area contributed by atoms with Crippen molar-refractivity contribution in [2.45, 2.75) is 40.5 Å². The number of aryl methyl sites for hydroxylation is 2. The molecule has 0 aliphatic rings. The van der Waals surface area contributed by atoms with E-state index in [0.717, 1.165) is 12.8 Å². The molecular formula is C18H23N3O2. The van der Waals surface area contributed by atoms with Gasteiger partial charge in [-0.15, -0.1) is 0 Å². The molecule has 1 N–H and O–H groups in total. The van der Waals surface area contributed by atoms with Crippen molar-refractivity contribution in [3.05, 3.63) is 41.7 Å². The van der Waals surface area contributed by atoms with Crippen molar-refractivity contribution in [2.24, 2.45) is 5.92 Å². The predicted octanol–water partition coefficient (Wildman–Crippen LogP) is 4.26. The van der Waals surface area contributed by atoms with Crippen LogP contribution in [-0.2, 0) is 4.79 Å². The first-order valence-corrected chi connectivity index (χ1v) is 7.94. The molecule has 0 aliphatic carbocycles. The van der Waals surface area contributed by atoms with E-state index < -0.39 is 0 Å². The van der Waals surface area contributed by atoms with Crippen LogP contribution in [0.3, 0.4) is 0 Å². The van der Waals surface area contributed by atoms with Gasteiger partial charge in [0.1, 0.15) is 5.75 Å². The summed E-state index contributed by atoms with van der Waals surface area (Å²) in [5.41, 5.74) is 2.06. The van der Waals surface area contributed by atoms with Crippen LogP contribution in [0.2, 0.25) is 0 Å². The molecule has 0 atom stereocenters. The fraction of sp³-hybridized carbons (Fsp3) is 0.389. The molecule has 0 spiro atoms. The summed E-state index contributed by atoms with van der Waals surface area (Å²) >= 11 is 0. The van der Waals surface area contributed by atoms with Crippen LogP contribution in [0.4, 0.5) is 5.69 Å². The Balaban J connectivity index is 2.19. The third-order valence-electron chi connectivity index (χ3n) is 3.81. The molecule has 1 heterocycles. The van der Waals surface area contributed by atoms with Gasteiger partial charge >= 0.3 is 6.01 Å². The quantitative estimate of drug-likeness (QED) is 0.865. The van der Waals surface area contributed by atoms with Gasteiger partial charge in [-0.3, -0.25) is 4.79 Å². The van der Waals surface area contributed by atoms with E-state index in [1.807, 2.05) is 58.0 Å². The molecule has 2 rings (SSSR count). The Morgan fingerprint density at radius 3 is 2.17 bits per heavy atom. The second kappa shape index (κ2) is 7.72. The molecule has 5 nitrogen and oxygen atoms in total. The van der Waals surface area contributed by atoms with E-state index in [-0.39, 0.29) is 17.8 Å². The lowest BCUT2D eigenvalue weighted by molar-refractivity contribution is -0.120. The number of nitrogens with one attached hydrogen (secondary N) is 1. The first kappa shape index (κ1) is 16.9. The zero-order chi connectivity index (χ0) is 16.8. The number of para-hydroxylation sites is 1. The number of carbonyl (C=O) groups excluding carboxylic acids is 1. The Bertz CT molecular complexity index is 644. The highest BCUT2D eigenvalue weighted by Gasteiger charge is 2.18. The van der Waals surface area contributed by atoms with E-state index in [1.54, 1.807) is 0 Å². The number of rotatable bonds is 6. The number of anilines is 1. The smallest absolute Gasteiger partial charge is 0.322 e. The van der Waals surface area contributed by atoms with Crippen LogP contribution in [-0.4, -0.2) is 15.9 Å². The van der Waals surface area contributed by atoms with Gasteiger partial charge in [-0.1, -0.05) is 32.0 Å². The summed E-state index contributed by atoms with van der Waals surface area (Å²) in [5.74, 6) is 0.704. The van der Waals surface area contributed by atoms with Gasteiger partial charge in [0.15, 0.2) is 0 Å². The lowest BCUT2D eigenvalue weighted by atomic mass is 10.0. The van der Waals surface area contributed by atoms with E-state index in [4.69, 9.17) is 4.74 Å². The summed E-state index contributed by atoms with van der Waals surface area (Å²) in [6, 6.07) is 9.67. The molecule has 0 bridgehead atoms. The second-order valence-corrected chi connectivity index (χ2v) is 5.47. The fourth-order valence-electron chi connectivity index (χ4n) is 2.39. The van der Waals surface area contributed by atoms with Gasteiger partial charge in [0.25, 0.3) is 0 Å². The summed E-state index contributed by atoms with van der Waals surface area (Å²) in [5, 5.41) is 2.95. The third kappa shape index (κ3) is 4.28. The van der Waals surface area contributed by atoms with Crippen molar-refractivity contribution in [1.29, 1.82) is 0 Å². The SMILES string of the molecule is CCC(CC)C(=O)Nc1c(C)nc(Oc2ccccc2)nc1C. The molecule has 5 heteroatoms. The van der Waals surface area contributed by atoms with E-state index in [1.165, 1.54) is 0 Å². The minimum Gasteiger partial charge on any atom is -0.424 e. The minimum absolute atomic E-state index is 0.00838. The Kier molecular flexibility index (Phi) is 5.68. The van der Waals surface area contributed by atoms with Crippen LogP contribution in [0.5, 0.6) is 11.8 Å². The average molecular weight is 313 g/mol. The standard InChI is InChI=1S/C18H23N3O2/c1-5-14(6-2)17(22)21-16-12(3)19-18(20-13(16)4)23-15-10-8-7-9-11-15/h7-11,14H,5-6H2,1-4H3,(H,21,22). The number of nitrogens with zero attached hydrogens (tertiary/aromatic N) is 2. The van der Waals surface area contributed by atoms with Crippen molar-refractivity contribution in [3.8, 4) is 11.8 Å². The maximum absolute atomic E-state index is 12.3. The van der Waals surface area contributed by atoms with Gasteiger partial charge < -0.3 is 10.1 Å². The maximum Gasteiger partial charge on any atom is 0.322 e. The molecule has 0 saturated heterocycles. The molecule has 1 amide bonds. The molecular weight excluding hydrogens is 290 g/mol. The van der Waals surface area contributed by atoms with Gasteiger partial charge in [0.2, 0.25) is 5.91 Å². The molecule has 0 radical (unpaired) electrons. The number of carbonyl (C=O) groups is 1.